The summed E-state index contributed by atoms with van der Waals surface area (Å²) in [6.45, 7) is 2.56. The Bertz CT molecular complexity index is 1250. The number of hydrogen-bond donors (Lipinski definition) is 4. The van der Waals surface area contributed by atoms with Crippen molar-refractivity contribution >= 4 is 29.8 Å². The van der Waals surface area contributed by atoms with Crippen LogP contribution in [0.5, 0.6) is 5.75 Å². The van der Waals surface area contributed by atoms with Crippen LogP contribution in [0.3, 0.4) is 0 Å². The Morgan fingerprint density at radius 3 is 2.65 bits per heavy atom. The third-order valence-electron chi connectivity index (χ3n) is 6.82. The Morgan fingerprint density at radius 2 is 1.97 bits per heavy atom. The van der Waals surface area contributed by atoms with Crippen molar-refractivity contribution in [3.63, 3.8) is 0 Å². The Balaban J connectivity index is 0.00000320. The van der Waals surface area contributed by atoms with Gasteiger partial charge in [-0.2, -0.15) is 10.4 Å². The molecule has 1 aliphatic heterocycles. The van der Waals surface area contributed by atoms with Gasteiger partial charge in [-0.3, -0.25) is 9.89 Å². The van der Waals surface area contributed by atoms with Crippen LogP contribution in [0.1, 0.15) is 36.9 Å². The van der Waals surface area contributed by atoms with Crippen LogP contribution in [0.25, 0.3) is 11.3 Å². The van der Waals surface area contributed by atoms with Crippen LogP contribution in [0.2, 0.25) is 0 Å². The Kier molecular flexibility index (Phi) is 8.71. The number of Topliss-reactive ketones (excluding diaryl/α,β-unsaturated/α-hetero) is 1. The first-order valence-corrected chi connectivity index (χ1v) is 12.3. The second-order valence-electron chi connectivity index (χ2n) is 9.35. The summed E-state index contributed by atoms with van der Waals surface area (Å²) in [6, 6.07) is 9.76. The number of nitriles is 1. The summed E-state index contributed by atoms with van der Waals surface area (Å²) in [5.41, 5.74) is 2.97. The van der Waals surface area contributed by atoms with E-state index in [-0.39, 0.29) is 30.1 Å². The Morgan fingerprint density at radius 1 is 1.16 bits per heavy atom. The van der Waals surface area contributed by atoms with Gasteiger partial charge >= 0.3 is 0 Å². The third-order valence-corrected chi connectivity index (χ3v) is 6.82. The van der Waals surface area contributed by atoms with E-state index in [1.165, 1.54) is 12.4 Å². The predicted molar refractivity (Wildman–Crippen MR) is 142 cm³/mol. The number of hydrogen-bond acceptors (Lipinski definition) is 9. The van der Waals surface area contributed by atoms with Crippen LogP contribution in [0.15, 0.2) is 36.7 Å². The number of piperidine rings is 1. The molecule has 0 bridgehead atoms. The Hall–Kier alpha value is -3.52. The fraction of sp³-hybridized carbons (Fsp3) is 0.423. The first-order chi connectivity index (χ1) is 17.6. The number of anilines is 2. The van der Waals surface area contributed by atoms with Gasteiger partial charge in [-0.1, -0.05) is 6.07 Å². The van der Waals surface area contributed by atoms with Gasteiger partial charge in [0, 0.05) is 24.1 Å². The average Bonchev–Trinajstić information content (AvgIpc) is 3.68. The van der Waals surface area contributed by atoms with E-state index >= 15 is 0 Å². The number of H-pyrrole nitrogens is 1. The monoisotopic (exact) mass is 522 g/mol. The predicted octanol–water partition coefficient (Wildman–Crippen LogP) is 3.35. The van der Waals surface area contributed by atoms with Gasteiger partial charge in [0.25, 0.3) is 0 Å². The number of aromatic nitrogens is 4. The standard InChI is InChI=1S/C26H30N8O2.ClH/c1-36-22-10-16(13-31-25(26(35)18-3-4-18)17-6-8-28-9-7-17)2-5-20(22)21-11-23(34-33-21)32-24-15-29-19(12-27)14-30-24;/h2,5,10-11,14-15,17-18,25,28,31H,3-4,6-9,13H2,1H3,(H2,30,32,33,34);1H. The first-order valence-electron chi connectivity index (χ1n) is 12.3. The van der Waals surface area contributed by atoms with E-state index in [4.69, 9.17) is 10.00 Å². The van der Waals surface area contributed by atoms with Gasteiger partial charge in [0.05, 0.1) is 31.2 Å². The smallest absolute Gasteiger partial charge is 0.158 e. The molecule has 3 heterocycles. The van der Waals surface area contributed by atoms with E-state index in [1.54, 1.807) is 7.11 Å². The highest BCUT2D eigenvalue weighted by atomic mass is 35.5. The third kappa shape index (κ3) is 6.43. The maximum atomic E-state index is 13.0. The molecule has 4 N–H and O–H groups in total. The molecule has 1 saturated carbocycles. The summed E-state index contributed by atoms with van der Waals surface area (Å²) in [6.07, 6.45) is 7.01. The number of carbonyl (C=O) groups excluding carboxylic acids is 1. The topological polar surface area (TPSA) is 141 Å². The van der Waals surface area contributed by atoms with Gasteiger partial charge < -0.3 is 20.7 Å². The van der Waals surface area contributed by atoms with E-state index in [9.17, 15) is 4.79 Å². The van der Waals surface area contributed by atoms with Crippen LogP contribution in [-0.2, 0) is 11.3 Å². The lowest BCUT2D eigenvalue weighted by Crippen LogP contribution is -2.47. The fourth-order valence-electron chi connectivity index (χ4n) is 4.70. The van der Waals surface area contributed by atoms with Crippen LogP contribution in [0, 0.1) is 23.2 Å². The minimum absolute atomic E-state index is 0. The number of nitrogens with one attached hydrogen (secondary N) is 4. The molecular weight excluding hydrogens is 492 g/mol. The number of carbonyl (C=O) groups is 1. The first kappa shape index (κ1) is 26.5. The average molecular weight is 523 g/mol. The van der Waals surface area contributed by atoms with E-state index in [2.05, 4.69) is 36.1 Å². The molecule has 1 aromatic carbocycles. The zero-order chi connectivity index (χ0) is 24.9. The van der Waals surface area contributed by atoms with Gasteiger partial charge in [-0.25, -0.2) is 9.97 Å². The van der Waals surface area contributed by atoms with Crippen molar-refractivity contribution < 1.29 is 9.53 Å². The summed E-state index contributed by atoms with van der Waals surface area (Å²) in [4.78, 5) is 21.2. The maximum Gasteiger partial charge on any atom is 0.158 e. The zero-order valence-electron chi connectivity index (χ0n) is 20.7. The molecule has 1 unspecified atom stereocenters. The molecule has 2 fully saturated rings. The SMILES string of the molecule is COc1cc(CNC(C(=O)C2CC2)C2CCNCC2)ccc1-c1cc(Nc2cnc(C#N)cn2)n[nH]1.Cl. The lowest BCUT2D eigenvalue weighted by atomic mass is 9.86. The number of benzene rings is 1. The van der Waals surface area contributed by atoms with Crippen molar-refractivity contribution in [2.75, 3.05) is 25.5 Å². The normalized spacial score (nSPS) is 16.3. The molecule has 0 spiro atoms. The Labute approximate surface area is 222 Å². The van der Waals surface area contributed by atoms with Crippen molar-refractivity contribution in [3.05, 3.63) is 47.9 Å². The summed E-state index contributed by atoms with van der Waals surface area (Å²) >= 11 is 0. The highest BCUT2D eigenvalue weighted by Crippen LogP contribution is 2.34. The summed E-state index contributed by atoms with van der Waals surface area (Å²) in [5.74, 6) is 2.79. The minimum atomic E-state index is -0.0863. The van der Waals surface area contributed by atoms with Crippen molar-refractivity contribution in [2.45, 2.75) is 38.3 Å². The van der Waals surface area contributed by atoms with Crippen molar-refractivity contribution in [2.24, 2.45) is 11.8 Å². The van der Waals surface area contributed by atoms with Gasteiger partial charge in [0.1, 0.15) is 17.6 Å². The van der Waals surface area contributed by atoms with Crippen LogP contribution in [0.4, 0.5) is 11.6 Å². The van der Waals surface area contributed by atoms with Crippen LogP contribution in [-0.4, -0.2) is 52.2 Å². The lowest BCUT2D eigenvalue weighted by Gasteiger charge is -2.30. The van der Waals surface area contributed by atoms with Gasteiger partial charge in [0.2, 0.25) is 0 Å². The number of nitrogens with zero attached hydrogens (tertiary/aromatic N) is 4. The lowest BCUT2D eigenvalue weighted by molar-refractivity contribution is -0.123. The highest BCUT2D eigenvalue weighted by molar-refractivity contribution is 5.88. The molecule has 194 valence electrons. The molecule has 10 nitrogen and oxygen atoms in total. The quantitative estimate of drug-likeness (QED) is 0.315. The molecule has 0 radical (unpaired) electrons. The van der Waals surface area contributed by atoms with Crippen LogP contribution >= 0.6 is 12.4 Å². The van der Waals surface area contributed by atoms with E-state index in [1.807, 2.05) is 30.3 Å². The van der Waals surface area contributed by atoms with E-state index < -0.39 is 0 Å². The summed E-state index contributed by atoms with van der Waals surface area (Å²) in [7, 11) is 1.65. The number of methoxy groups -OCH3 is 1. The van der Waals surface area contributed by atoms with Crippen molar-refractivity contribution in [3.8, 4) is 23.1 Å². The van der Waals surface area contributed by atoms with Crippen LogP contribution < -0.4 is 20.7 Å². The summed E-state index contributed by atoms with van der Waals surface area (Å²) < 4.78 is 5.69. The van der Waals surface area contributed by atoms with E-state index in [0.29, 0.717) is 29.9 Å². The highest BCUT2D eigenvalue weighted by Gasteiger charge is 2.38. The second-order valence-corrected chi connectivity index (χ2v) is 9.35. The zero-order valence-corrected chi connectivity index (χ0v) is 21.5. The number of ketones is 1. The molecule has 2 aromatic heterocycles. The van der Waals surface area contributed by atoms with E-state index in [0.717, 1.165) is 61.3 Å². The number of halogens is 1. The maximum absolute atomic E-state index is 13.0. The van der Waals surface area contributed by atoms with Gasteiger partial charge in [-0.05, 0) is 62.4 Å². The molecule has 5 rings (SSSR count). The minimum Gasteiger partial charge on any atom is -0.496 e. The van der Waals surface area contributed by atoms with Crippen molar-refractivity contribution in [1.82, 2.24) is 30.8 Å². The van der Waals surface area contributed by atoms with Crippen molar-refractivity contribution in [1.29, 1.82) is 5.26 Å². The molecule has 1 atom stereocenters. The number of aromatic amines is 1. The molecule has 0 amide bonds. The fourth-order valence-corrected chi connectivity index (χ4v) is 4.70. The van der Waals surface area contributed by atoms with Gasteiger partial charge in [-0.15, -0.1) is 12.4 Å². The second kappa shape index (κ2) is 12.1. The molecular formula is C26H31ClN8O2. The molecule has 2 aliphatic rings. The largest absolute Gasteiger partial charge is 0.496 e. The van der Waals surface area contributed by atoms with Gasteiger partial charge in [0.15, 0.2) is 17.3 Å². The molecule has 37 heavy (non-hydrogen) atoms. The number of ether oxygens (including phenoxy) is 1. The summed E-state index contributed by atoms with van der Waals surface area (Å²) in [5, 5.41) is 26.2. The number of rotatable bonds is 10. The molecule has 1 aliphatic carbocycles. The molecule has 1 saturated heterocycles. The molecule has 3 aromatic rings. The molecule has 11 heteroatoms.